The first-order valence-corrected chi connectivity index (χ1v) is 11.3. The third-order valence-corrected chi connectivity index (χ3v) is 6.14. The number of aromatic nitrogens is 3. The van der Waals surface area contributed by atoms with Crippen molar-refractivity contribution in [2.45, 2.75) is 26.3 Å². The predicted octanol–water partition coefficient (Wildman–Crippen LogP) is 2.09. The maximum atomic E-state index is 14.3. The van der Waals surface area contributed by atoms with Gasteiger partial charge in [-0.15, -0.1) is 0 Å². The van der Waals surface area contributed by atoms with Gasteiger partial charge in [-0.05, 0) is 36.7 Å². The number of piperazine rings is 1. The first-order valence-electron chi connectivity index (χ1n) is 11.3. The van der Waals surface area contributed by atoms with Crippen LogP contribution in [0.3, 0.4) is 0 Å². The second-order valence-corrected chi connectivity index (χ2v) is 8.87. The van der Waals surface area contributed by atoms with E-state index in [1.54, 1.807) is 23.1 Å². The minimum atomic E-state index is -0.827. The lowest BCUT2D eigenvalue weighted by Gasteiger charge is -2.32. The summed E-state index contributed by atoms with van der Waals surface area (Å²) in [5, 5.41) is 4.21. The predicted molar refractivity (Wildman–Crippen MR) is 127 cm³/mol. The Hall–Kier alpha value is -3.59. The third-order valence-electron chi connectivity index (χ3n) is 6.14. The van der Waals surface area contributed by atoms with Crippen molar-refractivity contribution in [3.63, 3.8) is 0 Å². The lowest BCUT2D eigenvalue weighted by molar-refractivity contribution is 0.0652. The molecule has 3 aromatic rings. The van der Waals surface area contributed by atoms with Crippen LogP contribution in [-0.4, -0.2) is 63.3 Å². The molecule has 8 nitrogen and oxygen atoms in total. The van der Waals surface area contributed by atoms with E-state index in [0.717, 1.165) is 14.8 Å². The van der Waals surface area contributed by atoms with Crippen molar-refractivity contribution in [3.8, 4) is 5.69 Å². The molecule has 1 amide bonds. The molecule has 2 heterocycles. The fourth-order valence-electron chi connectivity index (χ4n) is 3.91. The van der Waals surface area contributed by atoms with Gasteiger partial charge in [0, 0.05) is 31.7 Å². The Kier molecular flexibility index (Phi) is 6.74. The van der Waals surface area contributed by atoms with Crippen LogP contribution in [0.5, 0.6) is 0 Å². The van der Waals surface area contributed by atoms with Crippen LogP contribution in [0.1, 0.15) is 41.4 Å². The van der Waals surface area contributed by atoms with E-state index in [0.29, 0.717) is 37.8 Å². The molecule has 9 heteroatoms. The van der Waals surface area contributed by atoms with Gasteiger partial charge in [-0.25, -0.2) is 9.18 Å². The molecular weight excluding hydrogens is 437 g/mol. The SMILES string of the molecule is CC(C)c1ccc(-n2nc(C(=O)N3CCN(C)CC3)c(=O)n(Cc3ccccc3F)c2=O)cc1. The topological polar surface area (TPSA) is 80.4 Å². The van der Waals surface area contributed by atoms with Crippen LogP contribution in [-0.2, 0) is 6.54 Å². The first-order chi connectivity index (χ1) is 16.3. The summed E-state index contributed by atoms with van der Waals surface area (Å²) in [5.41, 5.74) is -0.247. The van der Waals surface area contributed by atoms with Crippen LogP contribution >= 0.6 is 0 Å². The van der Waals surface area contributed by atoms with Crippen molar-refractivity contribution in [1.82, 2.24) is 24.1 Å². The number of benzene rings is 2. The van der Waals surface area contributed by atoms with Crippen molar-refractivity contribution in [1.29, 1.82) is 0 Å². The van der Waals surface area contributed by atoms with E-state index in [-0.39, 0.29) is 17.8 Å². The number of carbonyl (C=O) groups excluding carboxylic acids is 1. The van der Waals surface area contributed by atoms with Gasteiger partial charge in [0.15, 0.2) is 0 Å². The van der Waals surface area contributed by atoms with Crippen LogP contribution in [0.25, 0.3) is 5.69 Å². The van der Waals surface area contributed by atoms with Crippen LogP contribution in [0.15, 0.2) is 58.1 Å². The Morgan fingerprint density at radius 3 is 2.26 bits per heavy atom. The van der Waals surface area contributed by atoms with Gasteiger partial charge in [0.1, 0.15) is 5.82 Å². The number of halogens is 1. The van der Waals surface area contributed by atoms with Crippen molar-refractivity contribution in [2.75, 3.05) is 33.2 Å². The first kappa shape index (κ1) is 23.6. The molecule has 34 heavy (non-hydrogen) atoms. The lowest BCUT2D eigenvalue weighted by Crippen LogP contribution is -2.51. The number of likely N-dealkylation sites (N-methyl/N-ethyl adjacent to an activating group) is 1. The van der Waals surface area contributed by atoms with E-state index in [1.165, 1.54) is 18.2 Å². The molecule has 2 aromatic carbocycles. The lowest BCUT2D eigenvalue weighted by atomic mass is 10.0. The van der Waals surface area contributed by atoms with E-state index in [4.69, 9.17) is 0 Å². The third kappa shape index (κ3) is 4.70. The highest BCUT2D eigenvalue weighted by atomic mass is 19.1. The van der Waals surface area contributed by atoms with Gasteiger partial charge in [-0.1, -0.05) is 44.2 Å². The average molecular weight is 466 g/mol. The van der Waals surface area contributed by atoms with Crippen molar-refractivity contribution < 1.29 is 9.18 Å². The van der Waals surface area contributed by atoms with Gasteiger partial charge < -0.3 is 9.80 Å². The van der Waals surface area contributed by atoms with Crippen molar-refractivity contribution >= 4 is 5.91 Å². The van der Waals surface area contributed by atoms with Crippen LogP contribution in [0.4, 0.5) is 4.39 Å². The Balaban J connectivity index is 1.84. The Bertz CT molecular complexity index is 1310. The van der Waals surface area contributed by atoms with Crippen LogP contribution in [0, 0.1) is 5.82 Å². The molecule has 0 N–H and O–H groups in total. The van der Waals surface area contributed by atoms with E-state index < -0.39 is 23.0 Å². The zero-order chi connectivity index (χ0) is 24.4. The smallest absolute Gasteiger partial charge is 0.335 e. The molecule has 1 aliphatic rings. The largest absolute Gasteiger partial charge is 0.352 e. The normalized spacial score (nSPS) is 14.6. The zero-order valence-corrected chi connectivity index (χ0v) is 19.6. The zero-order valence-electron chi connectivity index (χ0n) is 19.6. The van der Waals surface area contributed by atoms with Gasteiger partial charge >= 0.3 is 5.69 Å². The van der Waals surface area contributed by atoms with Gasteiger partial charge in [-0.2, -0.15) is 9.78 Å². The monoisotopic (exact) mass is 465 g/mol. The summed E-state index contributed by atoms with van der Waals surface area (Å²) in [6, 6.07) is 13.1. The summed E-state index contributed by atoms with van der Waals surface area (Å²) in [4.78, 5) is 43.5. The summed E-state index contributed by atoms with van der Waals surface area (Å²) in [7, 11) is 1.96. The average Bonchev–Trinajstić information content (AvgIpc) is 2.83. The fraction of sp³-hybridized carbons (Fsp3) is 0.360. The van der Waals surface area contributed by atoms with Crippen LogP contribution in [0.2, 0.25) is 0 Å². The standard InChI is InChI=1S/C25H28FN5O3/c1-17(2)18-8-10-20(11-9-18)31-25(34)30(16-19-6-4-5-7-21(19)26)24(33)22(27-31)23(32)29-14-12-28(3)13-15-29/h4-11,17H,12-16H2,1-3H3. The van der Waals surface area contributed by atoms with E-state index in [2.05, 4.69) is 23.8 Å². The number of hydrogen-bond donors (Lipinski definition) is 0. The van der Waals surface area contributed by atoms with Crippen LogP contribution < -0.4 is 11.2 Å². The number of hydrogen-bond acceptors (Lipinski definition) is 5. The molecule has 0 unspecified atom stereocenters. The van der Waals surface area contributed by atoms with E-state index >= 15 is 0 Å². The molecule has 0 spiro atoms. The maximum absolute atomic E-state index is 14.3. The molecule has 0 atom stereocenters. The van der Waals surface area contributed by atoms with Gasteiger partial charge in [0.25, 0.3) is 11.5 Å². The van der Waals surface area contributed by atoms with Crippen molar-refractivity contribution in [3.05, 3.63) is 92.0 Å². The summed E-state index contributed by atoms with van der Waals surface area (Å²) in [6.45, 7) is 6.05. The molecule has 1 fully saturated rings. The number of carbonyl (C=O) groups is 1. The highest BCUT2D eigenvalue weighted by Crippen LogP contribution is 2.16. The van der Waals surface area contributed by atoms with E-state index in [9.17, 15) is 18.8 Å². The molecule has 1 aromatic heterocycles. The van der Waals surface area contributed by atoms with Gasteiger partial charge in [0.05, 0.1) is 12.2 Å². The summed E-state index contributed by atoms with van der Waals surface area (Å²) in [5.74, 6) is -0.776. The summed E-state index contributed by atoms with van der Waals surface area (Å²) < 4.78 is 16.3. The molecule has 4 rings (SSSR count). The highest BCUT2D eigenvalue weighted by molar-refractivity contribution is 5.92. The highest BCUT2D eigenvalue weighted by Gasteiger charge is 2.27. The molecular formula is C25H28FN5O3. The molecule has 0 radical (unpaired) electrons. The number of nitrogens with zero attached hydrogens (tertiary/aromatic N) is 5. The second kappa shape index (κ2) is 9.72. The molecule has 1 aliphatic heterocycles. The van der Waals surface area contributed by atoms with Crippen molar-refractivity contribution in [2.24, 2.45) is 0 Å². The fourth-order valence-corrected chi connectivity index (χ4v) is 3.91. The molecule has 0 bridgehead atoms. The summed E-state index contributed by atoms with van der Waals surface area (Å²) in [6.07, 6.45) is 0. The Labute approximate surface area is 196 Å². The molecule has 1 saturated heterocycles. The Morgan fingerprint density at radius 2 is 1.65 bits per heavy atom. The number of amides is 1. The second-order valence-electron chi connectivity index (χ2n) is 8.87. The number of rotatable bonds is 5. The summed E-state index contributed by atoms with van der Waals surface area (Å²) >= 11 is 0. The Morgan fingerprint density at radius 1 is 1.00 bits per heavy atom. The molecule has 0 aliphatic carbocycles. The minimum absolute atomic E-state index is 0.174. The molecule has 0 saturated carbocycles. The molecule has 178 valence electrons. The maximum Gasteiger partial charge on any atom is 0.352 e. The minimum Gasteiger partial charge on any atom is -0.335 e. The quantitative estimate of drug-likeness (QED) is 0.577. The van der Waals surface area contributed by atoms with Gasteiger partial charge in [0.2, 0.25) is 5.69 Å². The van der Waals surface area contributed by atoms with E-state index in [1.807, 2.05) is 19.2 Å². The van der Waals surface area contributed by atoms with Gasteiger partial charge in [-0.3, -0.25) is 14.2 Å².